The highest BCUT2D eigenvalue weighted by Gasteiger charge is 2.15. The molecule has 21 heavy (non-hydrogen) atoms. The van der Waals surface area contributed by atoms with Crippen molar-refractivity contribution in [3.63, 3.8) is 0 Å². The van der Waals surface area contributed by atoms with Gasteiger partial charge in [-0.2, -0.15) is 0 Å². The molecule has 0 bridgehead atoms. The fraction of sp³-hybridized carbons (Fsp3) is 0.647. The SMILES string of the molecule is CCC(N)CNCc1ccc(N2CCN(CC)CC2)cc1. The number of piperazine rings is 1. The zero-order chi connectivity index (χ0) is 15.1. The van der Waals surface area contributed by atoms with Gasteiger partial charge in [-0.3, -0.25) is 0 Å². The number of nitrogens with zero attached hydrogens (tertiary/aromatic N) is 2. The number of nitrogens with one attached hydrogen (secondary N) is 1. The molecule has 1 heterocycles. The summed E-state index contributed by atoms with van der Waals surface area (Å²) in [6.45, 7) is 11.9. The molecule has 1 unspecified atom stereocenters. The second-order valence-corrected chi connectivity index (χ2v) is 5.89. The van der Waals surface area contributed by atoms with Crippen LogP contribution in [0.3, 0.4) is 0 Å². The van der Waals surface area contributed by atoms with Crippen molar-refractivity contribution >= 4 is 5.69 Å². The van der Waals surface area contributed by atoms with Crippen molar-refractivity contribution in [1.82, 2.24) is 10.2 Å². The van der Waals surface area contributed by atoms with Gasteiger partial charge in [-0.05, 0) is 30.7 Å². The van der Waals surface area contributed by atoms with Crippen LogP contribution in [0.4, 0.5) is 5.69 Å². The van der Waals surface area contributed by atoms with Gasteiger partial charge in [0.25, 0.3) is 0 Å². The molecule has 0 radical (unpaired) electrons. The first-order valence-electron chi connectivity index (χ1n) is 8.25. The van der Waals surface area contributed by atoms with Crippen molar-refractivity contribution in [3.8, 4) is 0 Å². The molecule has 1 aromatic rings. The summed E-state index contributed by atoms with van der Waals surface area (Å²) in [6, 6.07) is 9.22. The highest BCUT2D eigenvalue weighted by molar-refractivity contribution is 5.48. The van der Waals surface area contributed by atoms with Gasteiger partial charge in [0.15, 0.2) is 0 Å². The summed E-state index contributed by atoms with van der Waals surface area (Å²) in [5.41, 5.74) is 8.58. The van der Waals surface area contributed by atoms with E-state index in [-0.39, 0.29) is 6.04 Å². The van der Waals surface area contributed by atoms with E-state index in [1.807, 2.05) is 0 Å². The van der Waals surface area contributed by atoms with Gasteiger partial charge in [0.2, 0.25) is 0 Å². The molecule has 4 heteroatoms. The average molecular weight is 290 g/mol. The second-order valence-electron chi connectivity index (χ2n) is 5.89. The van der Waals surface area contributed by atoms with Crippen molar-refractivity contribution in [3.05, 3.63) is 29.8 Å². The lowest BCUT2D eigenvalue weighted by Gasteiger charge is -2.35. The van der Waals surface area contributed by atoms with E-state index < -0.39 is 0 Å². The molecule has 2 rings (SSSR count). The van der Waals surface area contributed by atoms with Gasteiger partial charge in [0.1, 0.15) is 0 Å². The molecule has 1 atom stereocenters. The summed E-state index contributed by atoms with van der Waals surface area (Å²) in [7, 11) is 0. The zero-order valence-electron chi connectivity index (χ0n) is 13.5. The molecule has 118 valence electrons. The summed E-state index contributed by atoms with van der Waals surface area (Å²) in [6.07, 6.45) is 1.02. The highest BCUT2D eigenvalue weighted by atomic mass is 15.3. The third-order valence-corrected chi connectivity index (χ3v) is 4.38. The fourth-order valence-corrected chi connectivity index (χ4v) is 2.69. The Kier molecular flexibility index (Phi) is 6.49. The summed E-state index contributed by atoms with van der Waals surface area (Å²) in [5.74, 6) is 0. The van der Waals surface area contributed by atoms with Crippen molar-refractivity contribution in [2.45, 2.75) is 32.9 Å². The van der Waals surface area contributed by atoms with E-state index in [0.29, 0.717) is 0 Å². The van der Waals surface area contributed by atoms with Gasteiger partial charge >= 0.3 is 0 Å². The smallest absolute Gasteiger partial charge is 0.0367 e. The lowest BCUT2D eigenvalue weighted by Crippen LogP contribution is -2.46. The largest absolute Gasteiger partial charge is 0.369 e. The van der Waals surface area contributed by atoms with Crippen LogP contribution in [-0.4, -0.2) is 50.2 Å². The van der Waals surface area contributed by atoms with Crippen LogP contribution in [0.25, 0.3) is 0 Å². The van der Waals surface area contributed by atoms with Crippen LogP contribution < -0.4 is 16.0 Å². The van der Waals surface area contributed by atoms with Crippen LogP contribution in [0.5, 0.6) is 0 Å². The van der Waals surface area contributed by atoms with Gasteiger partial charge in [-0.15, -0.1) is 0 Å². The zero-order valence-corrected chi connectivity index (χ0v) is 13.5. The monoisotopic (exact) mass is 290 g/mol. The van der Waals surface area contributed by atoms with Gasteiger partial charge in [0.05, 0.1) is 0 Å². The maximum absolute atomic E-state index is 5.91. The summed E-state index contributed by atoms with van der Waals surface area (Å²) in [4.78, 5) is 4.99. The molecule has 1 fully saturated rings. The van der Waals surface area contributed by atoms with Gasteiger partial charge in [-0.1, -0.05) is 26.0 Å². The molecule has 1 aliphatic heterocycles. The minimum Gasteiger partial charge on any atom is -0.369 e. The first-order chi connectivity index (χ1) is 10.2. The summed E-state index contributed by atoms with van der Waals surface area (Å²) >= 11 is 0. The van der Waals surface area contributed by atoms with E-state index in [9.17, 15) is 0 Å². The topological polar surface area (TPSA) is 44.5 Å². The Bertz CT molecular complexity index is 396. The van der Waals surface area contributed by atoms with Gasteiger partial charge in [0, 0.05) is 51.0 Å². The van der Waals surface area contributed by atoms with E-state index in [1.165, 1.54) is 30.9 Å². The molecule has 3 N–H and O–H groups in total. The Morgan fingerprint density at radius 3 is 2.33 bits per heavy atom. The number of nitrogens with two attached hydrogens (primary N) is 1. The number of benzene rings is 1. The highest BCUT2D eigenvalue weighted by Crippen LogP contribution is 2.17. The third-order valence-electron chi connectivity index (χ3n) is 4.38. The van der Waals surface area contributed by atoms with Crippen LogP contribution in [0, 0.1) is 0 Å². The predicted octanol–water partition coefficient (Wildman–Crippen LogP) is 1.66. The van der Waals surface area contributed by atoms with Crippen molar-refractivity contribution in [1.29, 1.82) is 0 Å². The molecule has 0 aliphatic carbocycles. The second kappa shape index (κ2) is 8.37. The quantitative estimate of drug-likeness (QED) is 0.801. The molecule has 0 saturated carbocycles. The van der Waals surface area contributed by atoms with Gasteiger partial charge < -0.3 is 20.9 Å². The van der Waals surface area contributed by atoms with Crippen molar-refractivity contribution in [2.24, 2.45) is 5.73 Å². The first kappa shape index (κ1) is 16.3. The molecular formula is C17H30N4. The standard InChI is InChI=1S/C17H30N4/c1-3-16(18)14-19-13-15-5-7-17(8-6-15)21-11-9-20(4-2)10-12-21/h5-8,16,19H,3-4,9-14,18H2,1-2H3. The Morgan fingerprint density at radius 1 is 1.10 bits per heavy atom. The maximum atomic E-state index is 5.91. The average Bonchev–Trinajstić information content (AvgIpc) is 2.55. The predicted molar refractivity (Wildman–Crippen MR) is 90.7 cm³/mol. The Labute approximate surface area is 129 Å². The van der Waals surface area contributed by atoms with E-state index in [0.717, 1.165) is 32.6 Å². The molecular weight excluding hydrogens is 260 g/mol. The molecule has 1 saturated heterocycles. The minimum absolute atomic E-state index is 0.263. The van der Waals surface area contributed by atoms with Crippen LogP contribution in [0.15, 0.2) is 24.3 Å². The summed E-state index contributed by atoms with van der Waals surface area (Å²) in [5, 5.41) is 3.42. The molecule has 0 aromatic heterocycles. The maximum Gasteiger partial charge on any atom is 0.0367 e. The van der Waals surface area contributed by atoms with E-state index in [1.54, 1.807) is 0 Å². The molecule has 1 aliphatic rings. The molecule has 0 amide bonds. The fourth-order valence-electron chi connectivity index (χ4n) is 2.69. The van der Waals surface area contributed by atoms with Crippen molar-refractivity contribution < 1.29 is 0 Å². The number of likely N-dealkylation sites (N-methyl/N-ethyl adjacent to an activating group) is 1. The normalized spacial score (nSPS) is 18.0. The molecule has 1 aromatic carbocycles. The van der Waals surface area contributed by atoms with Crippen LogP contribution in [0.2, 0.25) is 0 Å². The van der Waals surface area contributed by atoms with E-state index >= 15 is 0 Å². The van der Waals surface area contributed by atoms with Crippen LogP contribution >= 0.6 is 0 Å². The van der Waals surface area contributed by atoms with Crippen LogP contribution in [-0.2, 0) is 6.54 Å². The Hall–Kier alpha value is -1.10. The minimum atomic E-state index is 0.263. The number of hydrogen-bond donors (Lipinski definition) is 2. The Balaban J connectivity index is 1.79. The third kappa shape index (κ3) is 4.99. The van der Waals surface area contributed by atoms with E-state index in [4.69, 9.17) is 5.73 Å². The molecule has 4 nitrogen and oxygen atoms in total. The van der Waals surface area contributed by atoms with Gasteiger partial charge in [-0.25, -0.2) is 0 Å². The Morgan fingerprint density at radius 2 is 1.76 bits per heavy atom. The van der Waals surface area contributed by atoms with Crippen LogP contribution in [0.1, 0.15) is 25.8 Å². The molecule has 0 spiro atoms. The van der Waals surface area contributed by atoms with E-state index in [2.05, 4.69) is 53.2 Å². The number of anilines is 1. The number of rotatable bonds is 7. The number of hydrogen-bond acceptors (Lipinski definition) is 4. The van der Waals surface area contributed by atoms with Crippen molar-refractivity contribution in [2.75, 3.05) is 44.2 Å². The first-order valence-corrected chi connectivity index (χ1v) is 8.25. The summed E-state index contributed by atoms with van der Waals surface area (Å²) < 4.78 is 0. The lowest BCUT2D eigenvalue weighted by atomic mass is 10.1. The lowest BCUT2D eigenvalue weighted by molar-refractivity contribution is 0.271.